The van der Waals surface area contributed by atoms with E-state index >= 15 is 0 Å². The van der Waals surface area contributed by atoms with Gasteiger partial charge >= 0.3 is 0 Å². The second-order valence-corrected chi connectivity index (χ2v) is 6.39. The maximum absolute atomic E-state index is 10.8. The van der Waals surface area contributed by atoms with Gasteiger partial charge in [-0.25, -0.2) is 8.42 Å². The van der Waals surface area contributed by atoms with Gasteiger partial charge in [0, 0.05) is 12.6 Å². The Bertz CT molecular complexity index is 283. The van der Waals surface area contributed by atoms with E-state index in [1.54, 1.807) is 0 Å². The molecule has 0 aromatic heterocycles. The second-order valence-electron chi connectivity index (χ2n) is 4.23. The molecule has 0 atom stereocenters. The van der Waals surface area contributed by atoms with Crippen molar-refractivity contribution in [1.29, 1.82) is 0 Å². The Kier molecular flexibility index (Phi) is 2.13. The lowest BCUT2D eigenvalue weighted by Gasteiger charge is -2.39. The Balaban J connectivity index is 1.70. The summed E-state index contributed by atoms with van der Waals surface area (Å²) < 4.78 is 21.6. The van der Waals surface area contributed by atoms with Crippen LogP contribution < -0.4 is 5.32 Å². The first-order valence-electron chi connectivity index (χ1n) is 4.65. The first kappa shape index (κ1) is 9.43. The lowest BCUT2D eigenvalue weighted by Crippen LogP contribution is -2.56. The predicted octanol–water partition coefficient (Wildman–Crippen LogP) is -0.712. The van der Waals surface area contributed by atoms with Crippen molar-refractivity contribution >= 4 is 9.84 Å². The van der Waals surface area contributed by atoms with Gasteiger partial charge in [0.2, 0.25) is 0 Å². The largest absolute Gasteiger partial charge is 0.389 e. The fourth-order valence-corrected chi connectivity index (χ4v) is 3.14. The molecule has 0 bridgehead atoms. The lowest BCUT2D eigenvalue weighted by molar-refractivity contribution is -0.0326. The summed E-state index contributed by atoms with van der Waals surface area (Å²) in [5.74, 6) is 0.478. The molecule has 0 aromatic rings. The molecule has 1 aliphatic carbocycles. The average Bonchev–Trinajstić information content (AvgIpc) is 1.93. The molecule has 13 heavy (non-hydrogen) atoms. The minimum absolute atomic E-state index is 0.0784. The summed E-state index contributed by atoms with van der Waals surface area (Å²) >= 11 is 0. The van der Waals surface area contributed by atoms with Crippen molar-refractivity contribution in [2.45, 2.75) is 30.9 Å². The molecule has 1 saturated carbocycles. The zero-order valence-electron chi connectivity index (χ0n) is 7.49. The van der Waals surface area contributed by atoms with Gasteiger partial charge in [0.05, 0.1) is 17.1 Å². The van der Waals surface area contributed by atoms with E-state index in [4.69, 9.17) is 0 Å². The van der Waals surface area contributed by atoms with Crippen molar-refractivity contribution in [1.82, 2.24) is 5.32 Å². The number of hydrogen-bond acceptors (Lipinski definition) is 4. The van der Waals surface area contributed by atoms with E-state index in [0.717, 1.165) is 19.3 Å². The SMILES string of the molecule is O=S1(=O)CC(NCC2(O)CCC2)C1. The summed E-state index contributed by atoms with van der Waals surface area (Å²) in [5.41, 5.74) is -0.542. The van der Waals surface area contributed by atoms with Crippen LogP contribution in [0.4, 0.5) is 0 Å². The minimum atomic E-state index is -2.73. The molecule has 1 heterocycles. The number of sulfone groups is 1. The number of rotatable bonds is 3. The molecule has 0 spiro atoms. The number of hydrogen-bond donors (Lipinski definition) is 2. The van der Waals surface area contributed by atoms with Crippen molar-refractivity contribution in [2.75, 3.05) is 18.1 Å². The van der Waals surface area contributed by atoms with Crippen LogP contribution in [-0.4, -0.2) is 43.2 Å². The van der Waals surface area contributed by atoms with Crippen LogP contribution in [0.2, 0.25) is 0 Å². The molecule has 2 aliphatic rings. The third kappa shape index (κ3) is 2.03. The third-order valence-electron chi connectivity index (χ3n) is 2.91. The Morgan fingerprint density at radius 3 is 2.38 bits per heavy atom. The van der Waals surface area contributed by atoms with Crippen LogP contribution >= 0.6 is 0 Å². The third-order valence-corrected chi connectivity index (χ3v) is 4.73. The van der Waals surface area contributed by atoms with Crippen molar-refractivity contribution in [3.63, 3.8) is 0 Å². The van der Waals surface area contributed by atoms with Gasteiger partial charge in [-0.05, 0) is 19.3 Å². The quantitative estimate of drug-likeness (QED) is 0.638. The van der Waals surface area contributed by atoms with Gasteiger partial charge in [0.15, 0.2) is 9.84 Å². The summed E-state index contributed by atoms with van der Waals surface area (Å²) in [5, 5.41) is 12.8. The molecule has 1 saturated heterocycles. The zero-order valence-corrected chi connectivity index (χ0v) is 8.31. The molecular formula is C8H15NO3S. The molecular weight excluding hydrogens is 190 g/mol. The van der Waals surface area contributed by atoms with E-state index in [-0.39, 0.29) is 17.5 Å². The van der Waals surface area contributed by atoms with Gasteiger partial charge in [-0.2, -0.15) is 0 Å². The van der Waals surface area contributed by atoms with Crippen LogP contribution in [0.3, 0.4) is 0 Å². The monoisotopic (exact) mass is 205 g/mol. The Labute approximate surface area is 78.3 Å². The Morgan fingerprint density at radius 1 is 1.38 bits per heavy atom. The fourth-order valence-electron chi connectivity index (χ4n) is 1.78. The topological polar surface area (TPSA) is 66.4 Å². The van der Waals surface area contributed by atoms with E-state index < -0.39 is 15.4 Å². The summed E-state index contributed by atoms with van der Waals surface area (Å²) in [6.07, 6.45) is 2.78. The van der Waals surface area contributed by atoms with Gasteiger partial charge in [-0.15, -0.1) is 0 Å². The highest BCUT2D eigenvalue weighted by molar-refractivity contribution is 7.92. The van der Waals surface area contributed by atoms with E-state index in [1.807, 2.05) is 0 Å². The molecule has 2 N–H and O–H groups in total. The predicted molar refractivity (Wildman–Crippen MR) is 49.2 cm³/mol. The minimum Gasteiger partial charge on any atom is -0.389 e. The maximum atomic E-state index is 10.8. The molecule has 4 nitrogen and oxygen atoms in total. The lowest BCUT2D eigenvalue weighted by atomic mass is 9.80. The standard InChI is InChI=1S/C8H15NO3S/c10-8(2-1-3-8)6-9-7-4-13(11,12)5-7/h7,9-10H,1-6H2. The fraction of sp³-hybridized carbons (Fsp3) is 1.00. The summed E-state index contributed by atoms with van der Waals surface area (Å²) in [7, 11) is -2.73. The maximum Gasteiger partial charge on any atom is 0.153 e. The summed E-state index contributed by atoms with van der Waals surface area (Å²) in [4.78, 5) is 0. The number of aliphatic hydroxyl groups is 1. The van der Waals surface area contributed by atoms with Gasteiger partial charge in [-0.3, -0.25) is 0 Å². The van der Waals surface area contributed by atoms with Crippen molar-refractivity contribution < 1.29 is 13.5 Å². The zero-order chi connectivity index (χ0) is 9.53. The Hall–Kier alpha value is -0.130. The molecule has 0 radical (unpaired) electrons. The van der Waals surface area contributed by atoms with Crippen molar-refractivity contribution in [3.8, 4) is 0 Å². The molecule has 1 aliphatic heterocycles. The smallest absolute Gasteiger partial charge is 0.153 e. The summed E-state index contributed by atoms with van der Waals surface area (Å²) in [6.45, 7) is 0.549. The van der Waals surface area contributed by atoms with E-state index in [1.165, 1.54) is 0 Å². The van der Waals surface area contributed by atoms with Crippen molar-refractivity contribution in [2.24, 2.45) is 0 Å². The second kappa shape index (κ2) is 2.93. The van der Waals surface area contributed by atoms with E-state index in [0.29, 0.717) is 6.54 Å². The van der Waals surface area contributed by atoms with Gasteiger partial charge < -0.3 is 10.4 Å². The number of nitrogens with one attached hydrogen (secondary N) is 1. The first-order chi connectivity index (χ1) is 5.99. The molecule has 0 amide bonds. The van der Waals surface area contributed by atoms with Gasteiger partial charge in [0.25, 0.3) is 0 Å². The van der Waals surface area contributed by atoms with Crippen LogP contribution in [0.1, 0.15) is 19.3 Å². The molecule has 5 heteroatoms. The highest BCUT2D eigenvalue weighted by Gasteiger charge is 2.38. The van der Waals surface area contributed by atoms with E-state index in [2.05, 4.69) is 5.32 Å². The average molecular weight is 205 g/mol. The molecule has 2 fully saturated rings. The van der Waals surface area contributed by atoms with Crippen LogP contribution in [0.15, 0.2) is 0 Å². The Morgan fingerprint density at radius 2 is 2.00 bits per heavy atom. The summed E-state index contributed by atoms with van der Waals surface area (Å²) in [6, 6.07) is 0.0784. The van der Waals surface area contributed by atoms with Crippen LogP contribution in [0.5, 0.6) is 0 Å². The van der Waals surface area contributed by atoms with Crippen LogP contribution in [0.25, 0.3) is 0 Å². The van der Waals surface area contributed by atoms with Crippen LogP contribution in [-0.2, 0) is 9.84 Å². The van der Waals surface area contributed by atoms with Gasteiger partial charge in [-0.1, -0.05) is 0 Å². The van der Waals surface area contributed by atoms with Gasteiger partial charge in [0.1, 0.15) is 0 Å². The van der Waals surface area contributed by atoms with Crippen molar-refractivity contribution in [3.05, 3.63) is 0 Å². The van der Waals surface area contributed by atoms with E-state index in [9.17, 15) is 13.5 Å². The molecule has 0 aromatic carbocycles. The highest BCUT2D eigenvalue weighted by Crippen LogP contribution is 2.30. The molecule has 0 unspecified atom stereocenters. The first-order valence-corrected chi connectivity index (χ1v) is 6.48. The highest BCUT2D eigenvalue weighted by atomic mass is 32.2. The van der Waals surface area contributed by atoms with Crippen LogP contribution in [0, 0.1) is 0 Å². The molecule has 2 rings (SSSR count). The molecule has 76 valence electrons. The normalized spacial score (nSPS) is 30.5.